The number of aromatic amines is 1. The van der Waals surface area contributed by atoms with Gasteiger partial charge in [0.15, 0.2) is 0 Å². The van der Waals surface area contributed by atoms with Crippen molar-refractivity contribution in [3.63, 3.8) is 0 Å². The van der Waals surface area contributed by atoms with Crippen LogP contribution in [0, 0.1) is 23.6 Å². The zero-order valence-corrected chi connectivity index (χ0v) is 17.0. The van der Waals surface area contributed by atoms with Crippen molar-refractivity contribution < 1.29 is 9.18 Å². The van der Waals surface area contributed by atoms with Crippen molar-refractivity contribution in [2.45, 2.75) is 20.3 Å². The second kappa shape index (κ2) is 8.09. The minimum atomic E-state index is -0.976. The SMILES string of the molecule is C#Cc1cncc(-c2cc(=O)[nH]c(-c3c(Cl)ccc(CC(C)(C)C(N)=O)c3F)n2)c1. The van der Waals surface area contributed by atoms with Crippen molar-refractivity contribution in [1.29, 1.82) is 0 Å². The van der Waals surface area contributed by atoms with Crippen molar-refractivity contribution in [3.05, 3.63) is 69.0 Å². The number of primary amides is 1. The van der Waals surface area contributed by atoms with E-state index in [1.54, 1.807) is 19.9 Å². The Hall–Kier alpha value is -3.50. The lowest BCUT2D eigenvalue weighted by Crippen LogP contribution is -2.33. The van der Waals surface area contributed by atoms with E-state index in [0.29, 0.717) is 11.1 Å². The summed E-state index contributed by atoms with van der Waals surface area (Å²) < 4.78 is 15.4. The Balaban J connectivity index is 2.15. The maximum absolute atomic E-state index is 15.4. The lowest BCUT2D eigenvalue weighted by molar-refractivity contribution is -0.125. The first kappa shape index (κ1) is 21.2. The fourth-order valence-corrected chi connectivity index (χ4v) is 3.13. The van der Waals surface area contributed by atoms with E-state index >= 15 is 4.39 Å². The number of nitrogens with one attached hydrogen (secondary N) is 1. The molecule has 3 aromatic rings. The van der Waals surface area contributed by atoms with Crippen molar-refractivity contribution >= 4 is 17.5 Å². The summed E-state index contributed by atoms with van der Waals surface area (Å²) in [6.07, 6.45) is 8.44. The Bertz CT molecular complexity index is 1240. The van der Waals surface area contributed by atoms with Gasteiger partial charge in [0.2, 0.25) is 5.91 Å². The van der Waals surface area contributed by atoms with Gasteiger partial charge in [0, 0.05) is 35.0 Å². The smallest absolute Gasteiger partial charge is 0.251 e. The second-order valence-corrected chi connectivity index (χ2v) is 7.81. The van der Waals surface area contributed by atoms with Crippen LogP contribution in [0.4, 0.5) is 4.39 Å². The van der Waals surface area contributed by atoms with E-state index in [1.165, 1.54) is 30.6 Å². The van der Waals surface area contributed by atoms with Crippen LogP contribution in [0.1, 0.15) is 25.0 Å². The standard InChI is InChI=1S/C22H18ClFN4O2/c1-4-12-7-14(11-26-10-12)16-8-17(29)28-20(27-16)18-15(23)6-5-13(19(18)24)9-22(2,3)21(25)30/h1,5-8,10-11H,9H2,2-3H3,(H2,25,30)(H,27,28,29). The Labute approximate surface area is 177 Å². The number of H-pyrrole nitrogens is 1. The normalized spacial score (nSPS) is 11.2. The molecule has 0 spiro atoms. The van der Waals surface area contributed by atoms with Gasteiger partial charge in [-0.05, 0) is 24.1 Å². The number of carbonyl (C=O) groups is 1. The first-order valence-corrected chi connectivity index (χ1v) is 9.30. The Morgan fingerprint density at radius 1 is 1.33 bits per heavy atom. The van der Waals surface area contributed by atoms with Gasteiger partial charge >= 0.3 is 0 Å². The summed E-state index contributed by atoms with van der Waals surface area (Å²) >= 11 is 6.24. The predicted molar refractivity (Wildman–Crippen MR) is 113 cm³/mol. The Morgan fingerprint density at radius 3 is 2.73 bits per heavy atom. The fraction of sp³-hybridized carbons (Fsp3) is 0.182. The number of nitrogens with zero attached hydrogens (tertiary/aromatic N) is 2. The molecule has 0 atom stereocenters. The number of rotatable bonds is 5. The fourth-order valence-electron chi connectivity index (χ4n) is 2.90. The molecule has 1 aromatic carbocycles. The minimum absolute atomic E-state index is 0.0511. The van der Waals surface area contributed by atoms with E-state index in [0.717, 1.165) is 0 Å². The van der Waals surface area contributed by atoms with Gasteiger partial charge in [-0.25, -0.2) is 9.37 Å². The average Bonchev–Trinajstić information content (AvgIpc) is 2.70. The number of terminal acetylenes is 1. The molecule has 6 nitrogen and oxygen atoms in total. The lowest BCUT2D eigenvalue weighted by Gasteiger charge is -2.21. The Kier molecular flexibility index (Phi) is 5.72. The van der Waals surface area contributed by atoms with Crippen molar-refractivity contribution in [3.8, 4) is 35.0 Å². The van der Waals surface area contributed by atoms with Crippen molar-refractivity contribution in [2.75, 3.05) is 0 Å². The van der Waals surface area contributed by atoms with E-state index in [9.17, 15) is 9.59 Å². The monoisotopic (exact) mass is 424 g/mol. The summed E-state index contributed by atoms with van der Waals surface area (Å²) in [4.78, 5) is 34.8. The number of amides is 1. The van der Waals surface area contributed by atoms with Crippen LogP contribution in [0.3, 0.4) is 0 Å². The summed E-state index contributed by atoms with van der Waals surface area (Å²) in [5.41, 5.74) is 5.35. The lowest BCUT2D eigenvalue weighted by atomic mass is 9.84. The average molecular weight is 425 g/mol. The van der Waals surface area contributed by atoms with Crippen LogP contribution in [0.2, 0.25) is 5.02 Å². The molecule has 0 aliphatic heterocycles. The van der Waals surface area contributed by atoms with E-state index in [2.05, 4.69) is 20.9 Å². The number of pyridine rings is 1. The van der Waals surface area contributed by atoms with Gasteiger partial charge in [-0.1, -0.05) is 37.4 Å². The molecule has 0 saturated heterocycles. The van der Waals surface area contributed by atoms with Gasteiger partial charge in [0.1, 0.15) is 11.6 Å². The highest BCUT2D eigenvalue weighted by Crippen LogP contribution is 2.33. The Morgan fingerprint density at radius 2 is 2.07 bits per heavy atom. The number of halogens is 2. The third-order valence-electron chi connectivity index (χ3n) is 4.65. The second-order valence-electron chi connectivity index (χ2n) is 7.41. The number of hydrogen-bond donors (Lipinski definition) is 2. The van der Waals surface area contributed by atoms with Crippen LogP contribution in [0.15, 0.2) is 41.5 Å². The molecule has 0 unspecified atom stereocenters. The third-order valence-corrected chi connectivity index (χ3v) is 4.96. The maximum Gasteiger partial charge on any atom is 0.251 e. The molecule has 0 fully saturated rings. The summed E-state index contributed by atoms with van der Waals surface area (Å²) in [7, 11) is 0. The van der Waals surface area contributed by atoms with Crippen LogP contribution >= 0.6 is 11.6 Å². The van der Waals surface area contributed by atoms with Crippen LogP contribution < -0.4 is 11.3 Å². The van der Waals surface area contributed by atoms with Gasteiger partial charge in [0.05, 0.1) is 16.3 Å². The van der Waals surface area contributed by atoms with Gasteiger partial charge in [-0.15, -0.1) is 6.42 Å². The highest BCUT2D eigenvalue weighted by Gasteiger charge is 2.28. The third kappa shape index (κ3) is 4.24. The van der Waals surface area contributed by atoms with E-state index < -0.39 is 22.7 Å². The van der Waals surface area contributed by atoms with Gasteiger partial charge in [-0.2, -0.15) is 0 Å². The van der Waals surface area contributed by atoms with E-state index in [4.69, 9.17) is 23.8 Å². The van der Waals surface area contributed by atoms with Crippen molar-refractivity contribution in [1.82, 2.24) is 15.0 Å². The maximum atomic E-state index is 15.4. The number of nitrogens with two attached hydrogens (primary N) is 1. The summed E-state index contributed by atoms with van der Waals surface area (Å²) in [6, 6.07) is 5.86. The van der Waals surface area contributed by atoms with Crippen LogP contribution in [-0.4, -0.2) is 20.9 Å². The quantitative estimate of drug-likeness (QED) is 0.613. The topological polar surface area (TPSA) is 102 Å². The van der Waals surface area contributed by atoms with Crippen LogP contribution in [0.5, 0.6) is 0 Å². The molecule has 3 N–H and O–H groups in total. The first-order valence-electron chi connectivity index (χ1n) is 8.93. The van der Waals surface area contributed by atoms with Crippen LogP contribution in [0.25, 0.3) is 22.6 Å². The summed E-state index contributed by atoms with van der Waals surface area (Å²) in [6.45, 7) is 3.24. The molecular weight excluding hydrogens is 407 g/mol. The molecule has 0 saturated carbocycles. The molecular formula is C22H18ClFN4O2. The molecule has 0 bridgehead atoms. The number of benzene rings is 1. The van der Waals surface area contributed by atoms with E-state index in [-0.39, 0.29) is 34.1 Å². The van der Waals surface area contributed by atoms with Crippen LogP contribution in [-0.2, 0) is 11.2 Å². The van der Waals surface area contributed by atoms with E-state index in [1.807, 2.05) is 0 Å². The molecule has 0 radical (unpaired) electrons. The molecule has 3 rings (SSSR count). The highest BCUT2D eigenvalue weighted by molar-refractivity contribution is 6.33. The van der Waals surface area contributed by atoms with Crippen molar-refractivity contribution in [2.24, 2.45) is 11.1 Å². The molecule has 0 aliphatic carbocycles. The molecule has 2 aromatic heterocycles. The highest BCUT2D eigenvalue weighted by atomic mass is 35.5. The molecule has 30 heavy (non-hydrogen) atoms. The largest absolute Gasteiger partial charge is 0.369 e. The molecule has 1 amide bonds. The number of aromatic nitrogens is 3. The van der Waals surface area contributed by atoms with Gasteiger partial charge in [-0.3, -0.25) is 14.6 Å². The van der Waals surface area contributed by atoms with Gasteiger partial charge in [0.25, 0.3) is 5.56 Å². The molecule has 152 valence electrons. The molecule has 0 aliphatic rings. The molecule has 2 heterocycles. The zero-order chi connectivity index (χ0) is 22.1. The molecule has 8 heteroatoms. The first-order chi connectivity index (χ1) is 14.1. The summed E-state index contributed by atoms with van der Waals surface area (Å²) in [5, 5.41) is 0.0592. The summed E-state index contributed by atoms with van der Waals surface area (Å²) in [5.74, 6) is 1.16. The van der Waals surface area contributed by atoms with Gasteiger partial charge < -0.3 is 10.7 Å². The number of hydrogen-bond acceptors (Lipinski definition) is 4. The predicted octanol–water partition coefficient (Wildman–Crippen LogP) is 3.33. The zero-order valence-electron chi connectivity index (χ0n) is 16.3. The minimum Gasteiger partial charge on any atom is -0.369 e. The number of carbonyl (C=O) groups excluding carboxylic acids is 1.